The van der Waals surface area contributed by atoms with Crippen molar-refractivity contribution in [3.8, 4) is 5.75 Å². The maximum Gasteiger partial charge on any atom is 0.132 e. The van der Waals surface area contributed by atoms with E-state index in [1.807, 2.05) is 24.5 Å². The van der Waals surface area contributed by atoms with Gasteiger partial charge in [-0.3, -0.25) is 0 Å². The third kappa shape index (κ3) is 6.83. The molecule has 2 rings (SSSR count). The molecule has 25 heavy (non-hydrogen) atoms. The Morgan fingerprint density at radius 1 is 1.28 bits per heavy atom. The van der Waals surface area contributed by atoms with Crippen LogP contribution in [0, 0.1) is 0 Å². The van der Waals surface area contributed by atoms with Crippen molar-refractivity contribution in [1.29, 1.82) is 0 Å². The lowest BCUT2D eigenvalue weighted by atomic mass is 10.1. The highest BCUT2D eigenvalue weighted by atomic mass is 32.2. The monoisotopic (exact) mass is 358 g/mol. The minimum Gasteiger partial charge on any atom is -0.497 e. The quantitative estimate of drug-likeness (QED) is 0.566. The fraction of sp³-hybridized carbons (Fsp3) is 0.381. The Labute approximate surface area is 154 Å². The molecule has 4 heteroatoms. The summed E-state index contributed by atoms with van der Waals surface area (Å²) in [7, 11) is 1.68. The van der Waals surface area contributed by atoms with E-state index in [-0.39, 0.29) is 5.25 Å². The number of carbonyl (C=O) groups excluding carboxylic acids is 1. The standard InChI is InChI=1S/C21H26O3S/c1-23-20-8-4-6-18(15-20)13-14-24-19-7-3-5-17(9-11-19)10-12-21(16-22)25-2/h3-6,8-9,11,15-16,21H,7,10,12-14H2,1-2H3. The van der Waals surface area contributed by atoms with Crippen LogP contribution in [0.5, 0.6) is 5.75 Å². The minimum atomic E-state index is 0.0834. The van der Waals surface area contributed by atoms with Gasteiger partial charge in [0.1, 0.15) is 12.0 Å². The molecule has 3 nitrogen and oxygen atoms in total. The number of hydrogen-bond acceptors (Lipinski definition) is 4. The van der Waals surface area contributed by atoms with E-state index in [1.165, 1.54) is 11.1 Å². The van der Waals surface area contributed by atoms with Crippen LogP contribution in [0.2, 0.25) is 0 Å². The Bertz CT molecular complexity index is 646. The fourth-order valence-electron chi connectivity index (χ4n) is 2.60. The van der Waals surface area contributed by atoms with Gasteiger partial charge < -0.3 is 14.3 Å². The molecular formula is C21H26O3S. The summed E-state index contributed by atoms with van der Waals surface area (Å²) in [5.41, 5.74) is 2.45. The smallest absolute Gasteiger partial charge is 0.132 e. The van der Waals surface area contributed by atoms with Crippen LogP contribution in [0.3, 0.4) is 0 Å². The van der Waals surface area contributed by atoms with Crippen LogP contribution in [0.25, 0.3) is 0 Å². The Kier molecular flexibility index (Phi) is 8.40. The van der Waals surface area contributed by atoms with E-state index in [0.29, 0.717) is 6.61 Å². The number of aldehydes is 1. The molecule has 0 spiro atoms. The molecule has 0 aliphatic heterocycles. The number of hydrogen-bond donors (Lipinski definition) is 0. The minimum absolute atomic E-state index is 0.0834. The second-order valence-corrected chi connectivity index (χ2v) is 6.96. The SMILES string of the molecule is COc1cccc(CCOC2=CC=C(CCC(C=O)SC)C=CC2)c1. The Morgan fingerprint density at radius 2 is 2.16 bits per heavy atom. The average molecular weight is 359 g/mol. The van der Waals surface area contributed by atoms with Gasteiger partial charge in [0.15, 0.2) is 0 Å². The molecule has 0 radical (unpaired) electrons. The molecule has 0 saturated heterocycles. The number of allylic oxidation sites excluding steroid dienone is 5. The van der Waals surface area contributed by atoms with Gasteiger partial charge >= 0.3 is 0 Å². The van der Waals surface area contributed by atoms with Crippen molar-refractivity contribution < 1.29 is 14.3 Å². The molecule has 1 atom stereocenters. The number of ether oxygens (including phenoxy) is 2. The summed E-state index contributed by atoms with van der Waals surface area (Å²) in [4.78, 5) is 10.9. The number of methoxy groups -OCH3 is 1. The number of carbonyl (C=O) groups is 1. The summed E-state index contributed by atoms with van der Waals surface area (Å²) in [6, 6.07) is 8.07. The number of rotatable bonds is 10. The Morgan fingerprint density at radius 3 is 2.92 bits per heavy atom. The molecule has 0 heterocycles. The first-order chi connectivity index (χ1) is 12.2. The zero-order valence-corrected chi connectivity index (χ0v) is 15.8. The predicted octanol–water partition coefficient (Wildman–Crippen LogP) is 4.74. The van der Waals surface area contributed by atoms with Crippen molar-refractivity contribution in [1.82, 2.24) is 0 Å². The highest BCUT2D eigenvalue weighted by molar-refractivity contribution is 7.99. The maximum absolute atomic E-state index is 10.9. The highest BCUT2D eigenvalue weighted by Crippen LogP contribution is 2.20. The third-order valence-corrected chi connectivity index (χ3v) is 5.07. The third-order valence-electron chi connectivity index (χ3n) is 4.12. The average Bonchev–Trinajstić information content (AvgIpc) is 2.88. The lowest BCUT2D eigenvalue weighted by Crippen LogP contribution is -2.03. The van der Waals surface area contributed by atoms with Gasteiger partial charge in [0, 0.05) is 12.8 Å². The van der Waals surface area contributed by atoms with E-state index in [4.69, 9.17) is 9.47 Å². The number of thioether (sulfide) groups is 1. The van der Waals surface area contributed by atoms with E-state index >= 15 is 0 Å². The van der Waals surface area contributed by atoms with E-state index in [9.17, 15) is 4.79 Å². The van der Waals surface area contributed by atoms with Crippen molar-refractivity contribution in [3.05, 3.63) is 65.5 Å². The molecule has 134 valence electrons. The summed E-state index contributed by atoms with van der Waals surface area (Å²) < 4.78 is 11.2. The molecule has 0 bridgehead atoms. The fourth-order valence-corrected chi connectivity index (χ4v) is 3.07. The van der Waals surface area contributed by atoms with Gasteiger partial charge in [-0.15, -0.1) is 0 Å². The molecule has 1 unspecified atom stereocenters. The van der Waals surface area contributed by atoms with Crippen LogP contribution < -0.4 is 4.74 Å². The predicted molar refractivity (Wildman–Crippen MR) is 105 cm³/mol. The highest BCUT2D eigenvalue weighted by Gasteiger charge is 2.07. The molecule has 0 N–H and O–H groups in total. The van der Waals surface area contributed by atoms with E-state index in [1.54, 1.807) is 18.9 Å². The molecule has 0 fully saturated rings. The van der Waals surface area contributed by atoms with Crippen molar-refractivity contribution in [2.75, 3.05) is 20.0 Å². The second kappa shape index (κ2) is 10.8. The zero-order valence-electron chi connectivity index (χ0n) is 14.9. The molecule has 0 aromatic heterocycles. The van der Waals surface area contributed by atoms with Crippen LogP contribution in [0.1, 0.15) is 24.8 Å². The van der Waals surface area contributed by atoms with Gasteiger partial charge in [-0.2, -0.15) is 11.8 Å². The molecule has 1 aliphatic carbocycles. The van der Waals surface area contributed by atoms with Crippen molar-refractivity contribution in [2.24, 2.45) is 0 Å². The van der Waals surface area contributed by atoms with Gasteiger partial charge in [-0.25, -0.2) is 0 Å². The normalized spacial score (nSPS) is 15.0. The summed E-state index contributed by atoms with van der Waals surface area (Å²) in [5, 5.41) is 0.0834. The maximum atomic E-state index is 10.9. The first-order valence-corrected chi connectivity index (χ1v) is 9.84. The van der Waals surface area contributed by atoms with Crippen molar-refractivity contribution in [2.45, 2.75) is 30.9 Å². The zero-order chi connectivity index (χ0) is 17.9. The van der Waals surface area contributed by atoms with Gasteiger partial charge in [-0.05, 0) is 48.4 Å². The van der Waals surface area contributed by atoms with Gasteiger partial charge in [-0.1, -0.05) is 30.4 Å². The van der Waals surface area contributed by atoms with E-state index in [0.717, 1.165) is 43.5 Å². The Balaban J connectivity index is 1.82. The van der Waals surface area contributed by atoms with Crippen molar-refractivity contribution >= 4 is 18.0 Å². The molecule has 1 aromatic rings. The van der Waals surface area contributed by atoms with Crippen molar-refractivity contribution in [3.63, 3.8) is 0 Å². The van der Waals surface area contributed by atoms with Crippen LogP contribution in [-0.4, -0.2) is 31.5 Å². The topological polar surface area (TPSA) is 35.5 Å². The summed E-state index contributed by atoms with van der Waals surface area (Å²) >= 11 is 1.61. The summed E-state index contributed by atoms with van der Waals surface area (Å²) in [6.07, 6.45) is 14.9. The van der Waals surface area contributed by atoms with Gasteiger partial charge in [0.05, 0.1) is 24.7 Å². The second-order valence-electron chi connectivity index (χ2n) is 5.88. The molecule has 1 aromatic carbocycles. The Hall–Kier alpha value is -1.94. The van der Waals surface area contributed by atoms with Crippen LogP contribution in [0.15, 0.2) is 59.9 Å². The van der Waals surface area contributed by atoms with Crippen LogP contribution >= 0.6 is 11.8 Å². The largest absolute Gasteiger partial charge is 0.497 e. The summed E-state index contributed by atoms with van der Waals surface area (Å²) in [6.45, 7) is 0.649. The van der Waals surface area contributed by atoms with Gasteiger partial charge in [0.2, 0.25) is 0 Å². The van der Waals surface area contributed by atoms with E-state index < -0.39 is 0 Å². The molecule has 0 saturated carbocycles. The van der Waals surface area contributed by atoms with Gasteiger partial charge in [0.25, 0.3) is 0 Å². The lowest BCUT2D eigenvalue weighted by molar-refractivity contribution is -0.107. The first kappa shape index (κ1) is 19.4. The molecular weight excluding hydrogens is 332 g/mol. The van der Waals surface area contributed by atoms with Crippen LogP contribution in [-0.2, 0) is 16.0 Å². The van der Waals surface area contributed by atoms with Crippen LogP contribution in [0.4, 0.5) is 0 Å². The van der Waals surface area contributed by atoms with E-state index in [2.05, 4.69) is 30.4 Å². The number of benzene rings is 1. The lowest BCUT2D eigenvalue weighted by Gasteiger charge is -2.09. The molecule has 1 aliphatic rings. The molecule has 0 amide bonds. The first-order valence-electron chi connectivity index (χ1n) is 8.55. The summed E-state index contributed by atoms with van der Waals surface area (Å²) in [5.74, 6) is 1.85.